The van der Waals surface area contributed by atoms with Crippen LogP contribution < -0.4 is 2.89 Å². The van der Waals surface area contributed by atoms with Crippen molar-refractivity contribution in [2.45, 2.75) is 118 Å². The third-order valence-electron chi connectivity index (χ3n) is 10.4. The van der Waals surface area contributed by atoms with Crippen LogP contribution in [0.1, 0.15) is 114 Å². The second kappa shape index (κ2) is 10.6. The zero-order valence-corrected chi connectivity index (χ0v) is 30.6. The zero-order valence-electron chi connectivity index (χ0n) is 26.1. The predicted molar refractivity (Wildman–Crippen MR) is 184 cm³/mol. The summed E-state index contributed by atoms with van der Waals surface area (Å²) < 4.78 is 6.56. The summed E-state index contributed by atoms with van der Waals surface area (Å²) in [7, 11) is 0. The first-order valence-electron chi connectivity index (χ1n) is 16.0. The summed E-state index contributed by atoms with van der Waals surface area (Å²) >= 11 is 1.76. The molecular formula is C37H48S2Sn. The SMILES string of the molecule is CCC[CH2][Sn]([CH2]CCC)([CH2]CCC)[c]1cc2c(s1)-c1ccc3c4c(ccc3c1C2(C)C)-c1sc(C)cc1C4(C)C. The van der Waals surface area contributed by atoms with Gasteiger partial charge in [0.25, 0.3) is 0 Å². The molecule has 2 aliphatic carbocycles. The molecule has 3 heteroatoms. The average Bonchev–Trinajstić information content (AvgIpc) is 3.65. The van der Waals surface area contributed by atoms with E-state index in [1.165, 1.54) is 75.7 Å². The van der Waals surface area contributed by atoms with Gasteiger partial charge in [-0.2, -0.15) is 0 Å². The monoisotopic (exact) mass is 676 g/mol. The van der Waals surface area contributed by atoms with Crippen molar-refractivity contribution in [3.63, 3.8) is 0 Å². The summed E-state index contributed by atoms with van der Waals surface area (Å²) in [4.78, 5) is 4.53. The van der Waals surface area contributed by atoms with Crippen molar-refractivity contribution in [2.24, 2.45) is 0 Å². The van der Waals surface area contributed by atoms with Crippen LogP contribution in [0.4, 0.5) is 0 Å². The summed E-state index contributed by atoms with van der Waals surface area (Å²) in [6.45, 7) is 19.4. The van der Waals surface area contributed by atoms with E-state index < -0.39 is 18.4 Å². The Labute approximate surface area is 255 Å². The third kappa shape index (κ3) is 4.24. The molecule has 0 nitrogen and oxygen atoms in total. The molecule has 6 rings (SSSR count). The first kappa shape index (κ1) is 29.0. The maximum absolute atomic E-state index is 2.78. The molecule has 2 heterocycles. The quantitative estimate of drug-likeness (QED) is 0.147. The van der Waals surface area contributed by atoms with Gasteiger partial charge < -0.3 is 0 Å². The van der Waals surface area contributed by atoms with E-state index in [1.807, 2.05) is 14.2 Å². The Morgan fingerprint density at radius 1 is 0.625 bits per heavy atom. The van der Waals surface area contributed by atoms with Crippen molar-refractivity contribution in [2.75, 3.05) is 0 Å². The number of rotatable bonds is 10. The van der Waals surface area contributed by atoms with Crippen LogP contribution in [0, 0.1) is 6.92 Å². The van der Waals surface area contributed by atoms with Crippen LogP contribution >= 0.6 is 22.7 Å². The molecule has 0 unspecified atom stereocenters. The molecule has 0 spiro atoms. The van der Waals surface area contributed by atoms with Crippen LogP contribution in [-0.4, -0.2) is 18.4 Å². The number of hydrogen-bond donors (Lipinski definition) is 0. The Bertz CT molecular complexity index is 1560. The van der Waals surface area contributed by atoms with Gasteiger partial charge in [-0.25, -0.2) is 0 Å². The van der Waals surface area contributed by atoms with Crippen molar-refractivity contribution < 1.29 is 0 Å². The average molecular weight is 676 g/mol. The van der Waals surface area contributed by atoms with Crippen LogP contribution in [0.2, 0.25) is 13.3 Å². The number of hydrogen-bond acceptors (Lipinski definition) is 2. The van der Waals surface area contributed by atoms with E-state index in [4.69, 9.17) is 0 Å². The number of unbranched alkanes of at least 4 members (excludes halogenated alkanes) is 3. The van der Waals surface area contributed by atoms with E-state index in [1.54, 1.807) is 34.9 Å². The molecule has 0 N–H and O–H groups in total. The molecule has 0 atom stereocenters. The van der Waals surface area contributed by atoms with Crippen LogP contribution in [0.15, 0.2) is 36.4 Å². The molecule has 0 saturated heterocycles. The Hall–Kier alpha value is -1.10. The molecule has 40 heavy (non-hydrogen) atoms. The molecule has 2 aromatic heterocycles. The second-order valence-corrected chi connectivity index (χ2v) is 30.3. The predicted octanol–water partition coefficient (Wildman–Crippen LogP) is 11.9. The van der Waals surface area contributed by atoms with E-state index in [-0.39, 0.29) is 10.8 Å². The van der Waals surface area contributed by atoms with Crippen LogP contribution in [0.5, 0.6) is 0 Å². The minimum atomic E-state index is -2.47. The normalized spacial score (nSPS) is 16.3. The van der Waals surface area contributed by atoms with Crippen molar-refractivity contribution >= 4 is 54.7 Å². The van der Waals surface area contributed by atoms with Crippen molar-refractivity contribution in [1.29, 1.82) is 0 Å². The summed E-state index contributed by atoms with van der Waals surface area (Å²) in [5.41, 5.74) is 9.40. The molecule has 0 saturated carbocycles. The van der Waals surface area contributed by atoms with E-state index in [2.05, 4.69) is 103 Å². The Balaban J connectivity index is 1.51. The standard InChI is InChI=1S/C25H21S2.3C4H9.Sn/c1-13-12-19-23(27-13)17-9-7-14-15(21(17)25(19,4)5)6-8-16-20(14)24(2,3)18-10-11-26-22(16)18;3*1-3-4-2;/h6-10,12H,1-5H3;3*1,3-4H2,2H3;. The number of aryl methyl sites for hydroxylation is 1. The summed E-state index contributed by atoms with van der Waals surface area (Å²) in [5.74, 6) is 0. The number of thiophene rings is 2. The molecule has 212 valence electrons. The molecule has 0 fully saturated rings. The van der Waals surface area contributed by atoms with Gasteiger partial charge in [0.1, 0.15) is 0 Å². The Morgan fingerprint density at radius 2 is 1.07 bits per heavy atom. The fraction of sp³-hybridized carbons (Fsp3) is 0.514. The van der Waals surface area contributed by atoms with E-state index in [0.29, 0.717) is 0 Å². The van der Waals surface area contributed by atoms with E-state index in [9.17, 15) is 0 Å². The van der Waals surface area contributed by atoms with E-state index in [0.717, 1.165) is 0 Å². The van der Waals surface area contributed by atoms with Crippen molar-refractivity contribution in [3.05, 3.63) is 63.5 Å². The van der Waals surface area contributed by atoms with Crippen LogP contribution in [0.25, 0.3) is 31.7 Å². The van der Waals surface area contributed by atoms with Gasteiger partial charge in [0.2, 0.25) is 0 Å². The first-order valence-corrected chi connectivity index (χ1v) is 25.1. The molecule has 2 aromatic carbocycles. The summed E-state index contributed by atoms with van der Waals surface area (Å²) in [6.07, 6.45) is 8.33. The number of fused-ring (bicyclic) bond motifs is 9. The van der Waals surface area contributed by atoms with E-state index >= 15 is 0 Å². The van der Waals surface area contributed by atoms with Crippen LogP contribution in [-0.2, 0) is 10.8 Å². The molecule has 0 aliphatic heterocycles. The number of benzene rings is 2. The summed E-state index contributed by atoms with van der Waals surface area (Å²) in [6, 6.07) is 15.2. The second-order valence-electron chi connectivity index (χ2n) is 13.9. The fourth-order valence-electron chi connectivity index (χ4n) is 8.19. The summed E-state index contributed by atoms with van der Waals surface area (Å²) in [5, 5.41) is 2.97. The third-order valence-corrected chi connectivity index (χ3v) is 30.9. The Morgan fingerprint density at radius 3 is 1.55 bits per heavy atom. The first-order chi connectivity index (χ1) is 19.1. The van der Waals surface area contributed by atoms with Gasteiger partial charge >= 0.3 is 250 Å². The van der Waals surface area contributed by atoms with Gasteiger partial charge in [-0.05, 0) is 6.92 Å². The molecule has 4 aromatic rings. The fourth-order valence-corrected chi connectivity index (χ4v) is 29.8. The van der Waals surface area contributed by atoms with Gasteiger partial charge in [-0.15, -0.1) is 0 Å². The molecular weight excluding hydrogens is 627 g/mol. The Kier molecular flexibility index (Phi) is 7.65. The van der Waals surface area contributed by atoms with Crippen molar-refractivity contribution in [1.82, 2.24) is 0 Å². The van der Waals surface area contributed by atoms with Gasteiger partial charge in [-0.1, -0.05) is 0 Å². The van der Waals surface area contributed by atoms with Crippen LogP contribution in [0.3, 0.4) is 0 Å². The molecule has 0 bridgehead atoms. The molecule has 0 amide bonds. The minimum absolute atomic E-state index is 0.0508. The van der Waals surface area contributed by atoms with Gasteiger partial charge in [0.05, 0.1) is 0 Å². The topological polar surface area (TPSA) is 0 Å². The van der Waals surface area contributed by atoms with Gasteiger partial charge in [0, 0.05) is 0 Å². The zero-order chi connectivity index (χ0) is 28.4. The molecule has 2 aliphatic rings. The van der Waals surface area contributed by atoms with Gasteiger partial charge in [0.15, 0.2) is 0 Å². The maximum atomic E-state index is 2.78. The van der Waals surface area contributed by atoms with Crippen molar-refractivity contribution in [3.8, 4) is 20.9 Å². The molecule has 0 radical (unpaired) electrons. The van der Waals surface area contributed by atoms with Gasteiger partial charge in [-0.3, -0.25) is 0 Å².